The van der Waals surface area contributed by atoms with E-state index < -0.39 is 0 Å². The molecule has 1 aliphatic heterocycles. The van der Waals surface area contributed by atoms with E-state index in [0.29, 0.717) is 29.4 Å². The van der Waals surface area contributed by atoms with Crippen LogP contribution >= 0.6 is 11.6 Å². The Morgan fingerprint density at radius 1 is 1.30 bits per heavy atom. The third-order valence-electron chi connectivity index (χ3n) is 4.40. The molecule has 2 aromatic heterocycles. The lowest BCUT2D eigenvalue weighted by Crippen LogP contribution is -2.44. The highest BCUT2D eigenvalue weighted by Crippen LogP contribution is 2.26. The van der Waals surface area contributed by atoms with E-state index >= 15 is 0 Å². The van der Waals surface area contributed by atoms with Gasteiger partial charge in [-0.25, -0.2) is 4.68 Å². The van der Waals surface area contributed by atoms with Crippen molar-refractivity contribution in [2.24, 2.45) is 0 Å². The molecule has 0 unspecified atom stereocenters. The minimum absolute atomic E-state index is 0.0425. The van der Waals surface area contributed by atoms with Crippen LogP contribution in [0.5, 0.6) is 5.75 Å². The number of carbonyl (C=O) groups is 1. The van der Waals surface area contributed by atoms with Gasteiger partial charge in [-0.05, 0) is 41.5 Å². The SMILES string of the molecule is O=C(c1cccc(-n2cnnn2)c1)N1CCC[C@@H](Oc2ccncc2Cl)C1. The van der Waals surface area contributed by atoms with Gasteiger partial charge in [0.25, 0.3) is 5.91 Å². The summed E-state index contributed by atoms with van der Waals surface area (Å²) < 4.78 is 7.51. The number of piperidine rings is 1. The Bertz CT molecular complexity index is 933. The van der Waals surface area contributed by atoms with Crippen LogP contribution in [0.4, 0.5) is 0 Å². The van der Waals surface area contributed by atoms with E-state index in [1.165, 1.54) is 11.0 Å². The van der Waals surface area contributed by atoms with Gasteiger partial charge in [0.1, 0.15) is 23.2 Å². The van der Waals surface area contributed by atoms with Crippen LogP contribution < -0.4 is 4.74 Å². The lowest BCUT2D eigenvalue weighted by molar-refractivity contribution is 0.0538. The average Bonchev–Trinajstić information content (AvgIpc) is 3.24. The Morgan fingerprint density at radius 2 is 2.22 bits per heavy atom. The van der Waals surface area contributed by atoms with Crippen molar-refractivity contribution in [3.8, 4) is 11.4 Å². The van der Waals surface area contributed by atoms with E-state index in [0.717, 1.165) is 18.5 Å². The number of rotatable bonds is 4. The minimum Gasteiger partial charge on any atom is -0.487 e. The van der Waals surface area contributed by atoms with Gasteiger partial charge in [-0.15, -0.1) is 5.10 Å². The molecule has 0 spiro atoms. The summed E-state index contributed by atoms with van der Waals surface area (Å²) in [6, 6.07) is 8.97. The number of halogens is 1. The smallest absolute Gasteiger partial charge is 0.254 e. The lowest BCUT2D eigenvalue weighted by Gasteiger charge is -2.33. The van der Waals surface area contributed by atoms with E-state index in [1.807, 2.05) is 17.0 Å². The fourth-order valence-electron chi connectivity index (χ4n) is 3.10. The zero-order valence-electron chi connectivity index (χ0n) is 14.4. The number of hydrogen-bond donors (Lipinski definition) is 0. The van der Waals surface area contributed by atoms with E-state index in [-0.39, 0.29) is 12.0 Å². The van der Waals surface area contributed by atoms with Gasteiger partial charge in [-0.3, -0.25) is 9.78 Å². The second-order valence-electron chi connectivity index (χ2n) is 6.24. The summed E-state index contributed by atoms with van der Waals surface area (Å²) in [5.41, 5.74) is 1.32. The van der Waals surface area contributed by atoms with Gasteiger partial charge in [0.15, 0.2) is 0 Å². The van der Waals surface area contributed by atoms with Crippen LogP contribution in [0, 0.1) is 0 Å². The van der Waals surface area contributed by atoms with Crippen molar-refractivity contribution in [1.29, 1.82) is 0 Å². The first-order valence-electron chi connectivity index (χ1n) is 8.59. The van der Waals surface area contributed by atoms with Crippen LogP contribution in [-0.2, 0) is 0 Å². The van der Waals surface area contributed by atoms with Gasteiger partial charge in [-0.2, -0.15) is 0 Å². The summed E-state index contributed by atoms with van der Waals surface area (Å²) >= 11 is 6.12. The van der Waals surface area contributed by atoms with E-state index in [9.17, 15) is 4.79 Å². The molecule has 0 bridgehead atoms. The Balaban J connectivity index is 1.47. The van der Waals surface area contributed by atoms with E-state index in [2.05, 4.69) is 20.5 Å². The van der Waals surface area contributed by atoms with E-state index in [4.69, 9.17) is 16.3 Å². The van der Waals surface area contributed by atoms with Crippen molar-refractivity contribution in [1.82, 2.24) is 30.1 Å². The first kappa shape index (κ1) is 17.4. The normalized spacial score (nSPS) is 16.9. The van der Waals surface area contributed by atoms with Gasteiger partial charge in [0.05, 0.1) is 12.2 Å². The largest absolute Gasteiger partial charge is 0.487 e. The molecule has 0 N–H and O–H groups in total. The number of hydrogen-bond acceptors (Lipinski definition) is 6. The highest BCUT2D eigenvalue weighted by Gasteiger charge is 2.26. The summed E-state index contributed by atoms with van der Waals surface area (Å²) in [6.07, 6.45) is 6.31. The maximum absolute atomic E-state index is 13.0. The number of pyridine rings is 1. The molecule has 4 rings (SSSR count). The minimum atomic E-state index is -0.106. The second kappa shape index (κ2) is 7.71. The van der Waals surface area contributed by atoms with Crippen molar-refractivity contribution in [2.45, 2.75) is 18.9 Å². The van der Waals surface area contributed by atoms with Crippen LogP contribution in [0.25, 0.3) is 5.69 Å². The van der Waals surface area contributed by atoms with Gasteiger partial charge >= 0.3 is 0 Å². The van der Waals surface area contributed by atoms with Crippen molar-refractivity contribution < 1.29 is 9.53 Å². The fraction of sp³-hybridized carbons (Fsp3) is 0.278. The Labute approximate surface area is 160 Å². The molecule has 8 nitrogen and oxygen atoms in total. The van der Waals surface area contributed by atoms with Crippen LogP contribution in [0.1, 0.15) is 23.2 Å². The van der Waals surface area contributed by atoms with Gasteiger partial charge in [-0.1, -0.05) is 17.7 Å². The first-order chi connectivity index (χ1) is 13.2. The van der Waals surface area contributed by atoms with Crippen LogP contribution in [-0.4, -0.2) is 55.2 Å². The second-order valence-corrected chi connectivity index (χ2v) is 6.65. The standard InChI is InChI=1S/C18H17ClN6O2/c19-16-10-20-7-6-17(16)27-15-5-2-8-24(11-15)18(26)13-3-1-4-14(9-13)25-12-21-22-23-25/h1,3-4,6-7,9-10,12,15H,2,5,8,11H2/t15-/m1/s1. The lowest BCUT2D eigenvalue weighted by atomic mass is 10.1. The number of amides is 1. The molecule has 0 saturated carbocycles. The van der Waals surface area contributed by atoms with E-state index in [1.54, 1.807) is 30.6 Å². The zero-order valence-corrected chi connectivity index (χ0v) is 15.2. The summed E-state index contributed by atoms with van der Waals surface area (Å²) in [6.45, 7) is 1.20. The first-order valence-corrected chi connectivity index (χ1v) is 8.97. The zero-order chi connectivity index (χ0) is 18.6. The number of carbonyl (C=O) groups excluding carboxylic acids is 1. The molecule has 0 radical (unpaired) electrons. The topological polar surface area (TPSA) is 86.0 Å². The predicted octanol–water partition coefficient (Wildman–Crippen LogP) is 2.39. The Kier molecular flexibility index (Phi) is 4.97. The van der Waals surface area contributed by atoms with Crippen LogP contribution in [0.3, 0.4) is 0 Å². The summed E-state index contributed by atoms with van der Waals surface area (Å²) in [4.78, 5) is 18.7. The van der Waals surface area contributed by atoms with Crippen molar-refractivity contribution in [3.05, 3.63) is 59.6 Å². The number of likely N-dealkylation sites (tertiary alicyclic amines) is 1. The molecule has 0 aliphatic carbocycles. The summed E-state index contributed by atoms with van der Waals surface area (Å²) in [5, 5.41) is 11.6. The molecule has 1 amide bonds. The van der Waals surface area contributed by atoms with Gasteiger partial charge in [0.2, 0.25) is 0 Å². The maximum atomic E-state index is 13.0. The number of ether oxygens (including phenoxy) is 1. The van der Waals surface area contributed by atoms with Crippen LogP contribution in [0.15, 0.2) is 49.1 Å². The molecule has 1 saturated heterocycles. The molecule has 1 aromatic carbocycles. The average molecular weight is 385 g/mol. The maximum Gasteiger partial charge on any atom is 0.254 e. The molecular weight excluding hydrogens is 368 g/mol. The van der Waals surface area contributed by atoms with Crippen molar-refractivity contribution >= 4 is 17.5 Å². The van der Waals surface area contributed by atoms with Gasteiger partial charge in [0, 0.05) is 30.6 Å². The molecule has 3 aromatic rings. The summed E-state index contributed by atoms with van der Waals surface area (Å²) in [5.74, 6) is 0.547. The summed E-state index contributed by atoms with van der Waals surface area (Å²) in [7, 11) is 0. The molecule has 138 valence electrons. The van der Waals surface area contributed by atoms with Crippen molar-refractivity contribution in [2.75, 3.05) is 13.1 Å². The van der Waals surface area contributed by atoms with Gasteiger partial charge < -0.3 is 9.64 Å². The molecule has 27 heavy (non-hydrogen) atoms. The van der Waals surface area contributed by atoms with Crippen molar-refractivity contribution in [3.63, 3.8) is 0 Å². The monoisotopic (exact) mass is 384 g/mol. The Hall–Kier alpha value is -3.00. The molecule has 1 aliphatic rings. The molecule has 3 heterocycles. The number of tetrazole rings is 1. The molecule has 1 fully saturated rings. The third-order valence-corrected chi connectivity index (χ3v) is 4.68. The molecule has 9 heteroatoms. The Morgan fingerprint density at radius 3 is 3.04 bits per heavy atom. The fourth-order valence-corrected chi connectivity index (χ4v) is 3.26. The van der Waals surface area contributed by atoms with Crippen LogP contribution in [0.2, 0.25) is 5.02 Å². The number of aromatic nitrogens is 5. The third kappa shape index (κ3) is 3.90. The number of nitrogens with zero attached hydrogens (tertiary/aromatic N) is 6. The quantitative estimate of drug-likeness (QED) is 0.686. The number of benzene rings is 1. The molecular formula is C18H17ClN6O2. The highest BCUT2D eigenvalue weighted by molar-refractivity contribution is 6.31. The molecule has 1 atom stereocenters. The predicted molar refractivity (Wildman–Crippen MR) is 98.0 cm³/mol. The highest BCUT2D eigenvalue weighted by atomic mass is 35.5.